The highest BCUT2D eigenvalue weighted by atomic mass is 35.5. The molecule has 1 aliphatic rings. The smallest absolute Gasteiger partial charge is 0.126 e. The highest BCUT2D eigenvalue weighted by molar-refractivity contribution is 6.25. The molecule has 0 N–H and O–H groups in total. The van der Waals surface area contributed by atoms with Gasteiger partial charge in [-0.25, -0.2) is 0 Å². The van der Waals surface area contributed by atoms with Crippen LogP contribution in [-0.2, 0) is 4.79 Å². The predicted molar refractivity (Wildman–Crippen MR) is 60.4 cm³/mol. The molecule has 0 aromatic heterocycles. The summed E-state index contributed by atoms with van der Waals surface area (Å²) in [6, 6.07) is 0. The first kappa shape index (κ1) is 11.8. The SMILES string of the molecule is C/C(=C\Cl)CC1(C=O)CCCC(C)C1. The summed E-state index contributed by atoms with van der Waals surface area (Å²) < 4.78 is 0. The van der Waals surface area contributed by atoms with Crippen LogP contribution in [0.25, 0.3) is 0 Å². The lowest BCUT2D eigenvalue weighted by Gasteiger charge is -2.35. The van der Waals surface area contributed by atoms with Crippen molar-refractivity contribution in [3.63, 3.8) is 0 Å². The Morgan fingerprint density at radius 2 is 2.36 bits per heavy atom. The van der Waals surface area contributed by atoms with Gasteiger partial charge in [-0.3, -0.25) is 0 Å². The van der Waals surface area contributed by atoms with E-state index in [0.717, 1.165) is 31.1 Å². The predicted octanol–water partition coefficient (Wildman–Crippen LogP) is 3.91. The Morgan fingerprint density at radius 3 is 2.86 bits per heavy atom. The van der Waals surface area contributed by atoms with Gasteiger partial charge in [-0.2, -0.15) is 0 Å². The molecule has 1 fully saturated rings. The minimum atomic E-state index is -0.118. The first-order chi connectivity index (χ1) is 6.62. The first-order valence-electron chi connectivity index (χ1n) is 5.34. The maximum atomic E-state index is 11.2. The van der Waals surface area contributed by atoms with E-state index in [0.29, 0.717) is 5.92 Å². The molecule has 2 heteroatoms. The first-order valence-corrected chi connectivity index (χ1v) is 5.78. The Kier molecular flexibility index (Phi) is 4.18. The van der Waals surface area contributed by atoms with Crippen LogP contribution in [-0.4, -0.2) is 6.29 Å². The third-order valence-electron chi connectivity index (χ3n) is 3.19. The molecule has 0 amide bonds. The van der Waals surface area contributed by atoms with Gasteiger partial charge >= 0.3 is 0 Å². The van der Waals surface area contributed by atoms with E-state index in [9.17, 15) is 4.79 Å². The second-order valence-electron chi connectivity index (χ2n) is 4.81. The molecular weight excluding hydrogens is 196 g/mol. The average Bonchev–Trinajstić information content (AvgIpc) is 2.17. The Hall–Kier alpha value is -0.300. The quantitative estimate of drug-likeness (QED) is 0.651. The lowest BCUT2D eigenvalue weighted by molar-refractivity contribution is -0.118. The molecule has 80 valence electrons. The second-order valence-corrected chi connectivity index (χ2v) is 5.03. The molecule has 0 radical (unpaired) electrons. The van der Waals surface area contributed by atoms with Crippen molar-refractivity contribution in [1.82, 2.24) is 0 Å². The van der Waals surface area contributed by atoms with E-state index in [1.165, 1.54) is 12.8 Å². The van der Waals surface area contributed by atoms with Crippen molar-refractivity contribution < 1.29 is 4.79 Å². The van der Waals surface area contributed by atoms with E-state index >= 15 is 0 Å². The highest BCUT2D eigenvalue weighted by Gasteiger charge is 2.34. The van der Waals surface area contributed by atoms with Gasteiger partial charge in [0.25, 0.3) is 0 Å². The lowest BCUT2D eigenvalue weighted by atomic mass is 9.68. The van der Waals surface area contributed by atoms with Crippen molar-refractivity contribution in [1.29, 1.82) is 0 Å². The zero-order chi connectivity index (χ0) is 10.6. The number of carbonyl (C=O) groups is 1. The molecule has 1 nitrogen and oxygen atoms in total. The maximum absolute atomic E-state index is 11.2. The molecule has 14 heavy (non-hydrogen) atoms. The molecule has 0 aromatic rings. The van der Waals surface area contributed by atoms with E-state index in [1.54, 1.807) is 5.54 Å². The molecule has 1 rings (SSSR count). The fourth-order valence-electron chi connectivity index (χ4n) is 2.60. The number of halogens is 1. The van der Waals surface area contributed by atoms with Crippen molar-refractivity contribution >= 4 is 17.9 Å². The van der Waals surface area contributed by atoms with Gasteiger partial charge in [-0.05, 0) is 32.1 Å². The van der Waals surface area contributed by atoms with Crippen molar-refractivity contribution in [2.75, 3.05) is 0 Å². The summed E-state index contributed by atoms with van der Waals surface area (Å²) >= 11 is 5.65. The Morgan fingerprint density at radius 1 is 1.64 bits per heavy atom. The van der Waals surface area contributed by atoms with Crippen molar-refractivity contribution in [2.24, 2.45) is 11.3 Å². The second kappa shape index (κ2) is 4.97. The molecule has 1 saturated carbocycles. The minimum Gasteiger partial charge on any atom is -0.303 e. The summed E-state index contributed by atoms with van der Waals surface area (Å²) in [7, 11) is 0. The number of allylic oxidation sites excluding steroid dienone is 1. The monoisotopic (exact) mass is 214 g/mol. The van der Waals surface area contributed by atoms with E-state index < -0.39 is 0 Å². The van der Waals surface area contributed by atoms with Gasteiger partial charge in [0, 0.05) is 11.0 Å². The molecule has 1 aliphatic carbocycles. The molecule has 0 bridgehead atoms. The van der Waals surface area contributed by atoms with E-state index in [2.05, 4.69) is 6.92 Å². The average molecular weight is 215 g/mol. The summed E-state index contributed by atoms with van der Waals surface area (Å²) in [5.41, 5.74) is 2.60. The van der Waals surface area contributed by atoms with Crippen molar-refractivity contribution in [3.05, 3.63) is 11.1 Å². The van der Waals surface area contributed by atoms with Crippen LogP contribution in [0.4, 0.5) is 0 Å². The fourth-order valence-corrected chi connectivity index (χ4v) is 2.68. The third kappa shape index (κ3) is 2.84. The van der Waals surface area contributed by atoms with E-state index in [4.69, 9.17) is 11.6 Å². The molecule has 0 heterocycles. The van der Waals surface area contributed by atoms with Crippen LogP contribution in [0.2, 0.25) is 0 Å². The van der Waals surface area contributed by atoms with E-state index in [1.807, 2.05) is 6.92 Å². The summed E-state index contributed by atoms with van der Waals surface area (Å²) in [5, 5.41) is 0. The Balaban J connectivity index is 2.69. The molecule has 2 unspecified atom stereocenters. The molecule has 0 spiro atoms. The Bertz CT molecular complexity index is 234. The van der Waals surface area contributed by atoms with Crippen LogP contribution < -0.4 is 0 Å². The largest absolute Gasteiger partial charge is 0.303 e. The summed E-state index contributed by atoms with van der Waals surface area (Å²) in [6.07, 6.45) is 6.49. The number of carbonyl (C=O) groups excluding carboxylic acids is 1. The third-order valence-corrected chi connectivity index (χ3v) is 3.57. The Labute approximate surface area is 91.5 Å². The molecule has 2 atom stereocenters. The van der Waals surface area contributed by atoms with Crippen LogP contribution in [0.15, 0.2) is 11.1 Å². The standard InChI is InChI=1S/C12H19ClO/c1-10-4-3-5-12(6-10,9-14)7-11(2)8-13/h8-10H,3-7H2,1-2H3/b11-8+. The number of hydrogen-bond donors (Lipinski definition) is 0. The van der Waals surface area contributed by atoms with Crippen LogP contribution in [0.3, 0.4) is 0 Å². The van der Waals surface area contributed by atoms with Gasteiger partial charge < -0.3 is 4.79 Å². The van der Waals surface area contributed by atoms with Crippen molar-refractivity contribution in [2.45, 2.75) is 46.0 Å². The van der Waals surface area contributed by atoms with Gasteiger partial charge in [0.1, 0.15) is 6.29 Å². The van der Waals surface area contributed by atoms with Crippen molar-refractivity contribution in [3.8, 4) is 0 Å². The van der Waals surface area contributed by atoms with E-state index in [-0.39, 0.29) is 5.41 Å². The van der Waals surface area contributed by atoms with Crippen LogP contribution in [0.1, 0.15) is 46.0 Å². The maximum Gasteiger partial charge on any atom is 0.126 e. The minimum absolute atomic E-state index is 0.118. The van der Waals surface area contributed by atoms with Crippen LogP contribution >= 0.6 is 11.6 Å². The number of rotatable bonds is 3. The lowest BCUT2D eigenvalue weighted by Crippen LogP contribution is -2.29. The topological polar surface area (TPSA) is 17.1 Å². The molecular formula is C12H19ClO. The molecule has 0 aliphatic heterocycles. The van der Waals surface area contributed by atoms with Gasteiger partial charge in [-0.1, -0.05) is 36.9 Å². The van der Waals surface area contributed by atoms with Gasteiger partial charge in [0.05, 0.1) is 0 Å². The summed E-state index contributed by atoms with van der Waals surface area (Å²) in [4.78, 5) is 11.2. The zero-order valence-corrected chi connectivity index (χ0v) is 9.81. The van der Waals surface area contributed by atoms with Gasteiger partial charge in [-0.15, -0.1) is 0 Å². The zero-order valence-electron chi connectivity index (χ0n) is 9.05. The fraction of sp³-hybridized carbons (Fsp3) is 0.750. The van der Waals surface area contributed by atoms with Crippen LogP contribution in [0, 0.1) is 11.3 Å². The number of hydrogen-bond acceptors (Lipinski definition) is 1. The highest BCUT2D eigenvalue weighted by Crippen LogP contribution is 2.42. The molecule has 0 saturated heterocycles. The van der Waals surface area contributed by atoms with Gasteiger partial charge in [0.15, 0.2) is 0 Å². The van der Waals surface area contributed by atoms with Crippen LogP contribution in [0.5, 0.6) is 0 Å². The summed E-state index contributed by atoms with van der Waals surface area (Å²) in [5.74, 6) is 0.678. The molecule has 0 aromatic carbocycles. The van der Waals surface area contributed by atoms with Gasteiger partial charge in [0.2, 0.25) is 0 Å². The number of aldehydes is 1. The summed E-state index contributed by atoms with van der Waals surface area (Å²) in [6.45, 7) is 4.23. The normalized spacial score (nSPS) is 34.2.